The number of nitrogens with one attached hydrogen (secondary N) is 3. The lowest BCUT2D eigenvalue weighted by molar-refractivity contribution is -0.139. The molecule has 0 saturated carbocycles. The van der Waals surface area contributed by atoms with Gasteiger partial charge >= 0.3 is 12.0 Å². The summed E-state index contributed by atoms with van der Waals surface area (Å²) in [6.45, 7) is 2.11. The summed E-state index contributed by atoms with van der Waals surface area (Å²) >= 11 is 0. The van der Waals surface area contributed by atoms with Gasteiger partial charge in [-0.3, -0.25) is 5.10 Å². The van der Waals surface area contributed by atoms with Gasteiger partial charge in [-0.05, 0) is 12.5 Å². The molecule has 1 aromatic heterocycles. The SMILES string of the molecule is Cc1[nH]ncc1CNC(=O)N[C@H](C(=O)O)c1ccccc1. The van der Waals surface area contributed by atoms with Crippen LogP contribution in [0.25, 0.3) is 0 Å². The smallest absolute Gasteiger partial charge is 0.330 e. The van der Waals surface area contributed by atoms with Gasteiger partial charge < -0.3 is 15.7 Å². The van der Waals surface area contributed by atoms with E-state index in [1.54, 1.807) is 36.5 Å². The number of aliphatic carboxylic acids is 1. The minimum absolute atomic E-state index is 0.273. The Hall–Kier alpha value is -2.83. The number of benzene rings is 1. The number of aromatic amines is 1. The molecule has 7 heteroatoms. The van der Waals surface area contributed by atoms with Crippen LogP contribution in [0.15, 0.2) is 36.5 Å². The average Bonchev–Trinajstić information content (AvgIpc) is 2.88. The van der Waals surface area contributed by atoms with Crippen LogP contribution in [0.5, 0.6) is 0 Å². The van der Waals surface area contributed by atoms with Crippen molar-refractivity contribution in [3.8, 4) is 0 Å². The van der Waals surface area contributed by atoms with E-state index < -0.39 is 18.0 Å². The van der Waals surface area contributed by atoms with Crippen LogP contribution in [0.3, 0.4) is 0 Å². The fourth-order valence-electron chi connectivity index (χ4n) is 1.84. The number of aromatic nitrogens is 2. The fourth-order valence-corrected chi connectivity index (χ4v) is 1.84. The van der Waals surface area contributed by atoms with Crippen molar-refractivity contribution < 1.29 is 14.7 Å². The van der Waals surface area contributed by atoms with Crippen LogP contribution in [0.4, 0.5) is 4.79 Å². The first-order valence-electron chi connectivity index (χ1n) is 6.39. The Kier molecular flexibility index (Phi) is 4.55. The number of urea groups is 1. The minimum atomic E-state index is -1.11. The van der Waals surface area contributed by atoms with Crippen LogP contribution in [0.1, 0.15) is 22.9 Å². The van der Waals surface area contributed by atoms with Crippen LogP contribution in [-0.2, 0) is 11.3 Å². The van der Waals surface area contributed by atoms with E-state index in [0.29, 0.717) is 5.56 Å². The zero-order valence-corrected chi connectivity index (χ0v) is 11.5. The Bertz CT molecular complexity index is 624. The highest BCUT2D eigenvalue weighted by molar-refractivity contribution is 5.83. The summed E-state index contributed by atoms with van der Waals surface area (Å²) in [6.07, 6.45) is 1.61. The lowest BCUT2D eigenvalue weighted by Crippen LogP contribution is -2.40. The fraction of sp³-hybridized carbons (Fsp3) is 0.214. The van der Waals surface area contributed by atoms with E-state index in [0.717, 1.165) is 11.3 Å². The maximum absolute atomic E-state index is 11.8. The first kappa shape index (κ1) is 14.6. The molecule has 0 aliphatic carbocycles. The summed E-state index contributed by atoms with van der Waals surface area (Å²) in [7, 11) is 0. The number of carbonyl (C=O) groups excluding carboxylic acids is 1. The molecule has 4 N–H and O–H groups in total. The summed E-state index contributed by atoms with van der Waals surface area (Å²) in [5.41, 5.74) is 2.21. The van der Waals surface area contributed by atoms with Gasteiger partial charge in [0.25, 0.3) is 0 Å². The number of amides is 2. The highest BCUT2D eigenvalue weighted by Crippen LogP contribution is 2.12. The van der Waals surface area contributed by atoms with Crippen LogP contribution >= 0.6 is 0 Å². The second-order valence-corrected chi connectivity index (χ2v) is 4.53. The molecule has 0 saturated heterocycles. The molecule has 0 aliphatic rings. The average molecular weight is 288 g/mol. The highest BCUT2D eigenvalue weighted by Gasteiger charge is 2.21. The number of rotatable bonds is 5. The lowest BCUT2D eigenvalue weighted by Gasteiger charge is -2.15. The zero-order chi connectivity index (χ0) is 15.2. The molecule has 1 heterocycles. The Balaban J connectivity index is 1.96. The van der Waals surface area contributed by atoms with Crippen LogP contribution in [0.2, 0.25) is 0 Å². The van der Waals surface area contributed by atoms with E-state index in [1.165, 1.54) is 0 Å². The van der Waals surface area contributed by atoms with Crippen molar-refractivity contribution in [3.63, 3.8) is 0 Å². The number of aryl methyl sites for hydroxylation is 1. The molecular formula is C14H16N4O3. The molecule has 1 aromatic carbocycles. The molecule has 7 nitrogen and oxygen atoms in total. The number of H-pyrrole nitrogens is 1. The van der Waals surface area contributed by atoms with Gasteiger partial charge in [0.05, 0.1) is 6.20 Å². The van der Waals surface area contributed by atoms with Gasteiger partial charge in [0.2, 0.25) is 0 Å². The van der Waals surface area contributed by atoms with Crippen molar-refractivity contribution in [1.82, 2.24) is 20.8 Å². The lowest BCUT2D eigenvalue weighted by atomic mass is 10.1. The zero-order valence-electron chi connectivity index (χ0n) is 11.5. The van der Waals surface area contributed by atoms with Crippen molar-refractivity contribution >= 4 is 12.0 Å². The maximum atomic E-state index is 11.8. The molecule has 0 aliphatic heterocycles. The van der Waals surface area contributed by atoms with Crippen molar-refractivity contribution in [2.45, 2.75) is 19.5 Å². The predicted octanol–water partition coefficient (Wildman–Crippen LogP) is 1.34. The molecule has 0 spiro atoms. The first-order chi connectivity index (χ1) is 10.1. The maximum Gasteiger partial charge on any atom is 0.330 e. The number of hydrogen-bond donors (Lipinski definition) is 4. The molecule has 2 amide bonds. The first-order valence-corrected chi connectivity index (χ1v) is 6.39. The topological polar surface area (TPSA) is 107 Å². The van der Waals surface area contributed by atoms with Gasteiger partial charge in [0.15, 0.2) is 6.04 Å². The molecule has 21 heavy (non-hydrogen) atoms. The molecular weight excluding hydrogens is 272 g/mol. The summed E-state index contributed by atoms with van der Waals surface area (Å²) in [6, 6.07) is 6.89. The highest BCUT2D eigenvalue weighted by atomic mass is 16.4. The van der Waals surface area contributed by atoms with Crippen molar-refractivity contribution in [2.24, 2.45) is 0 Å². The summed E-state index contributed by atoms with van der Waals surface area (Å²) < 4.78 is 0. The van der Waals surface area contributed by atoms with E-state index in [2.05, 4.69) is 20.8 Å². The largest absolute Gasteiger partial charge is 0.479 e. The summed E-state index contributed by atoms with van der Waals surface area (Å²) in [5.74, 6) is -1.11. The second kappa shape index (κ2) is 6.56. The van der Waals surface area contributed by atoms with Crippen molar-refractivity contribution in [1.29, 1.82) is 0 Å². The molecule has 110 valence electrons. The standard InChI is InChI=1S/C14H16N4O3/c1-9-11(8-16-18-9)7-15-14(21)17-12(13(19)20)10-5-3-2-4-6-10/h2-6,8,12H,7H2,1H3,(H,16,18)(H,19,20)(H2,15,17,21)/t12-/m0/s1. The molecule has 0 fully saturated rings. The third kappa shape index (κ3) is 3.82. The molecule has 0 unspecified atom stereocenters. The number of hydrogen-bond acceptors (Lipinski definition) is 3. The summed E-state index contributed by atoms with van der Waals surface area (Å²) in [4.78, 5) is 23.1. The van der Waals surface area contributed by atoms with E-state index in [4.69, 9.17) is 0 Å². The second-order valence-electron chi connectivity index (χ2n) is 4.53. The third-order valence-corrected chi connectivity index (χ3v) is 3.03. The van der Waals surface area contributed by atoms with Gasteiger partial charge in [0, 0.05) is 17.8 Å². The Morgan fingerprint density at radius 3 is 2.62 bits per heavy atom. The van der Waals surface area contributed by atoms with Gasteiger partial charge in [-0.2, -0.15) is 5.10 Å². The molecule has 1 atom stereocenters. The number of carboxylic acid groups (broad SMARTS) is 1. The number of carbonyl (C=O) groups is 2. The monoisotopic (exact) mass is 288 g/mol. The Morgan fingerprint density at radius 1 is 1.33 bits per heavy atom. The minimum Gasteiger partial charge on any atom is -0.479 e. The van der Waals surface area contributed by atoms with Crippen LogP contribution in [0, 0.1) is 6.92 Å². The molecule has 2 rings (SSSR count). The van der Waals surface area contributed by atoms with Gasteiger partial charge in [-0.15, -0.1) is 0 Å². The predicted molar refractivity (Wildman–Crippen MR) is 75.5 cm³/mol. The molecule has 2 aromatic rings. The van der Waals surface area contributed by atoms with Crippen LogP contribution in [-0.4, -0.2) is 27.3 Å². The van der Waals surface area contributed by atoms with E-state index >= 15 is 0 Å². The molecule has 0 bridgehead atoms. The van der Waals surface area contributed by atoms with Gasteiger partial charge in [-0.1, -0.05) is 30.3 Å². The van der Waals surface area contributed by atoms with E-state index in [9.17, 15) is 14.7 Å². The van der Waals surface area contributed by atoms with E-state index in [-0.39, 0.29) is 6.54 Å². The van der Waals surface area contributed by atoms with Crippen molar-refractivity contribution in [2.75, 3.05) is 0 Å². The summed E-state index contributed by atoms with van der Waals surface area (Å²) in [5, 5.41) is 20.9. The number of nitrogens with zero attached hydrogens (tertiary/aromatic N) is 1. The normalized spacial score (nSPS) is 11.7. The van der Waals surface area contributed by atoms with Gasteiger partial charge in [0.1, 0.15) is 0 Å². The third-order valence-electron chi connectivity index (χ3n) is 3.03. The van der Waals surface area contributed by atoms with Crippen LogP contribution < -0.4 is 10.6 Å². The molecule has 0 radical (unpaired) electrons. The Morgan fingerprint density at radius 2 is 2.05 bits per heavy atom. The quantitative estimate of drug-likeness (QED) is 0.666. The Labute approximate surface area is 121 Å². The number of carboxylic acids is 1. The van der Waals surface area contributed by atoms with Gasteiger partial charge in [-0.25, -0.2) is 9.59 Å². The van der Waals surface area contributed by atoms with E-state index in [1.807, 2.05) is 6.92 Å². The van der Waals surface area contributed by atoms with Crippen molar-refractivity contribution in [3.05, 3.63) is 53.3 Å².